The van der Waals surface area contributed by atoms with Gasteiger partial charge in [0, 0.05) is 18.8 Å². The maximum Gasteiger partial charge on any atom is 0.125 e. The fraction of sp³-hybridized carbons (Fsp3) is 0.200. The molecule has 0 radical (unpaired) electrons. The molecule has 0 fully saturated rings. The maximum absolute atomic E-state index is 12.9. The number of rotatable bonds is 4. The van der Waals surface area contributed by atoms with Crippen LogP contribution in [0.1, 0.15) is 11.1 Å². The van der Waals surface area contributed by atoms with E-state index in [-0.39, 0.29) is 11.6 Å². The standard InChI is InChI=1S/C15H16F2N2/c1-19(9-11-2-5-13(16)6-3-11)10-12-4-7-14(17)8-15(12)18/h2-8H,9-10,18H2,1H3. The lowest BCUT2D eigenvalue weighted by atomic mass is 10.1. The van der Waals surface area contributed by atoms with E-state index in [4.69, 9.17) is 5.73 Å². The van der Waals surface area contributed by atoms with E-state index in [1.54, 1.807) is 18.2 Å². The molecule has 0 spiro atoms. The van der Waals surface area contributed by atoms with Crippen LogP contribution in [0.5, 0.6) is 0 Å². The maximum atomic E-state index is 12.9. The van der Waals surface area contributed by atoms with Crippen molar-refractivity contribution < 1.29 is 8.78 Å². The lowest BCUT2D eigenvalue weighted by molar-refractivity contribution is 0.319. The van der Waals surface area contributed by atoms with Crippen molar-refractivity contribution in [3.63, 3.8) is 0 Å². The number of benzene rings is 2. The van der Waals surface area contributed by atoms with Gasteiger partial charge in [0.2, 0.25) is 0 Å². The minimum absolute atomic E-state index is 0.241. The first-order valence-corrected chi connectivity index (χ1v) is 6.01. The Labute approximate surface area is 111 Å². The molecule has 0 saturated carbocycles. The van der Waals surface area contributed by atoms with Crippen molar-refractivity contribution >= 4 is 5.69 Å². The van der Waals surface area contributed by atoms with Crippen LogP contribution in [0.4, 0.5) is 14.5 Å². The largest absolute Gasteiger partial charge is 0.398 e. The van der Waals surface area contributed by atoms with E-state index in [1.165, 1.54) is 24.3 Å². The van der Waals surface area contributed by atoms with E-state index in [0.717, 1.165) is 11.1 Å². The van der Waals surface area contributed by atoms with E-state index < -0.39 is 0 Å². The first-order chi connectivity index (χ1) is 9.04. The molecule has 2 aromatic rings. The molecule has 19 heavy (non-hydrogen) atoms. The highest BCUT2D eigenvalue weighted by Crippen LogP contribution is 2.16. The minimum Gasteiger partial charge on any atom is -0.398 e. The molecule has 2 rings (SSSR count). The molecule has 2 N–H and O–H groups in total. The molecule has 0 aliphatic rings. The average Bonchev–Trinajstić information content (AvgIpc) is 2.36. The monoisotopic (exact) mass is 262 g/mol. The Balaban J connectivity index is 2.01. The first-order valence-electron chi connectivity index (χ1n) is 6.01. The Hall–Kier alpha value is -1.94. The third-order valence-electron chi connectivity index (χ3n) is 2.91. The third-order valence-corrected chi connectivity index (χ3v) is 2.91. The summed E-state index contributed by atoms with van der Waals surface area (Å²) in [5, 5.41) is 0. The summed E-state index contributed by atoms with van der Waals surface area (Å²) in [6.07, 6.45) is 0. The quantitative estimate of drug-likeness (QED) is 0.857. The molecule has 2 aromatic carbocycles. The van der Waals surface area contributed by atoms with Crippen molar-refractivity contribution in [3.05, 3.63) is 65.2 Å². The molecule has 0 amide bonds. The van der Waals surface area contributed by atoms with Crippen LogP contribution in [0.3, 0.4) is 0 Å². The highest BCUT2D eigenvalue weighted by molar-refractivity contribution is 5.46. The number of anilines is 1. The molecule has 0 heterocycles. The Bertz CT molecular complexity index is 553. The van der Waals surface area contributed by atoms with Crippen LogP contribution in [0, 0.1) is 11.6 Å². The summed E-state index contributed by atoms with van der Waals surface area (Å²) in [4.78, 5) is 2.04. The second kappa shape index (κ2) is 5.80. The molecule has 0 saturated heterocycles. The van der Waals surface area contributed by atoms with Crippen LogP contribution in [-0.4, -0.2) is 11.9 Å². The zero-order valence-corrected chi connectivity index (χ0v) is 10.7. The molecular formula is C15H16F2N2. The summed E-state index contributed by atoms with van der Waals surface area (Å²) in [6, 6.07) is 10.8. The SMILES string of the molecule is CN(Cc1ccc(F)cc1)Cc1ccc(F)cc1N. The van der Waals surface area contributed by atoms with Crippen LogP contribution >= 0.6 is 0 Å². The third kappa shape index (κ3) is 3.76. The predicted molar refractivity (Wildman–Crippen MR) is 72.4 cm³/mol. The van der Waals surface area contributed by atoms with Crippen LogP contribution in [0.25, 0.3) is 0 Å². The van der Waals surface area contributed by atoms with Crippen molar-refractivity contribution in [2.24, 2.45) is 0 Å². The van der Waals surface area contributed by atoms with Crippen LogP contribution in [0.15, 0.2) is 42.5 Å². The highest BCUT2D eigenvalue weighted by Gasteiger charge is 2.06. The second-order valence-corrected chi connectivity index (χ2v) is 4.64. The van der Waals surface area contributed by atoms with Crippen LogP contribution in [-0.2, 0) is 13.1 Å². The molecule has 0 aliphatic carbocycles. The number of nitrogens with zero attached hydrogens (tertiary/aromatic N) is 1. The summed E-state index contributed by atoms with van der Waals surface area (Å²) in [6.45, 7) is 1.29. The molecule has 0 unspecified atom stereocenters. The van der Waals surface area contributed by atoms with Gasteiger partial charge in [0.15, 0.2) is 0 Å². The first kappa shape index (κ1) is 13.5. The molecule has 0 atom stereocenters. The number of hydrogen-bond donors (Lipinski definition) is 1. The zero-order chi connectivity index (χ0) is 13.8. The summed E-state index contributed by atoms with van der Waals surface area (Å²) >= 11 is 0. The van der Waals surface area contributed by atoms with Crippen molar-refractivity contribution in [2.75, 3.05) is 12.8 Å². The topological polar surface area (TPSA) is 29.3 Å². The molecule has 2 nitrogen and oxygen atoms in total. The van der Waals surface area contributed by atoms with E-state index in [1.807, 2.05) is 11.9 Å². The Morgan fingerprint density at radius 3 is 2.21 bits per heavy atom. The lowest BCUT2D eigenvalue weighted by Crippen LogP contribution is -2.18. The smallest absolute Gasteiger partial charge is 0.125 e. The molecule has 100 valence electrons. The molecule has 0 aliphatic heterocycles. The minimum atomic E-state index is -0.331. The van der Waals surface area contributed by atoms with E-state index in [9.17, 15) is 8.78 Å². The molecule has 0 bridgehead atoms. The van der Waals surface area contributed by atoms with Gasteiger partial charge >= 0.3 is 0 Å². The van der Waals surface area contributed by atoms with E-state index in [2.05, 4.69) is 0 Å². The summed E-state index contributed by atoms with van der Waals surface area (Å²) in [5.41, 5.74) is 8.12. The van der Waals surface area contributed by atoms with Gasteiger partial charge in [-0.3, -0.25) is 4.90 Å². The number of nitrogen functional groups attached to an aromatic ring is 1. The normalized spacial score (nSPS) is 10.9. The van der Waals surface area contributed by atoms with Gasteiger partial charge < -0.3 is 5.73 Å². The van der Waals surface area contributed by atoms with Crippen LogP contribution < -0.4 is 5.73 Å². The molecular weight excluding hydrogens is 246 g/mol. The van der Waals surface area contributed by atoms with Gasteiger partial charge in [0.25, 0.3) is 0 Å². The van der Waals surface area contributed by atoms with Crippen molar-refractivity contribution in [1.29, 1.82) is 0 Å². The Morgan fingerprint density at radius 2 is 1.58 bits per heavy atom. The lowest BCUT2D eigenvalue weighted by Gasteiger charge is -2.18. The van der Waals surface area contributed by atoms with E-state index in [0.29, 0.717) is 18.8 Å². The van der Waals surface area contributed by atoms with Crippen molar-refractivity contribution in [1.82, 2.24) is 4.90 Å². The summed E-state index contributed by atoms with van der Waals surface area (Å²) < 4.78 is 25.7. The van der Waals surface area contributed by atoms with Crippen molar-refractivity contribution in [2.45, 2.75) is 13.1 Å². The number of halogens is 2. The van der Waals surface area contributed by atoms with Crippen molar-refractivity contribution in [3.8, 4) is 0 Å². The van der Waals surface area contributed by atoms with Gasteiger partial charge in [-0.05, 0) is 42.4 Å². The predicted octanol–water partition coefficient (Wildman–Crippen LogP) is 3.18. The molecule has 4 heteroatoms. The summed E-state index contributed by atoms with van der Waals surface area (Å²) in [7, 11) is 1.94. The van der Waals surface area contributed by atoms with Gasteiger partial charge in [-0.15, -0.1) is 0 Å². The average molecular weight is 262 g/mol. The second-order valence-electron chi connectivity index (χ2n) is 4.64. The zero-order valence-electron chi connectivity index (χ0n) is 10.7. The Kier molecular flexibility index (Phi) is 4.12. The fourth-order valence-corrected chi connectivity index (χ4v) is 1.96. The highest BCUT2D eigenvalue weighted by atomic mass is 19.1. The summed E-state index contributed by atoms with van der Waals surface area (Å²) in [5.74, 6) is -0.573. The Morgan fingerprint density at radius 1 is 0.947 bits per heavy atom. The van der Waals surface area contributed by atoms with Gasteiger partial charge in [0.05, 0.1) is 0 Å². The van der Waals surface area contributed by atoms with Gasteiger partial charge in [-0.2, -0.15) is 0 Å². The van der Waals surface area contributed by atoms with Gasteiger partial charge in [-0.25, -0.2) is 8.78 Å². The van der Waals surface area contributed by atoms with E-state index >= 15 is 0 Å². The molecule has 0 aromatic heterocycles. The fourth-order valence-electron chi connectivity index (χ4n) is 1.96. The number of nitrogens with two attached hydrogens (primary N) is 1. The van der Waals surface area contributed by atoms with Crippen LogP contribution in [0.2, 0.25) is 0 Å². The van der Waals surface area contributed by atoms with Gasteiger partial charge in [-0.1, -0.05) is 18.2 Å². The number of hydrogen-bond acceptors (Lipinski definition) is 2. The van der Waals surface area contributed by atoms with Gasteiger partial charge in [0.1, 0.15) is 11.6 Å².